The summed E-state index contributed by atoms with van der Waals surface area (Å²) in [5.41, 5.74) is -1.55. The predicted molar refractivity (Wildman–Crippen MR) is 56.4 cm³/mol. The Labute approximate surface area is 94.2 Å². The molecule has 88 valence electrons. The third kappa shape index (κ3) is 1.27. The van der Waals surface area contributed by atoms with Crippen molar-refractivity contribution in [3.8, 4) is 0 Å². The number of urea groups is 1. The van der Waals surface area contributed by atoms with Crippen LogP contribution >= 0.6 is 0 Å². The average molecular weight is 224 g/mol. The molecule has 0 radical (unpaired) electrons. The van der Waals surface area contributed by atoms with Gasteiger partial charge < -0.3 is 0 Å². The molecule has 0 aromatic heterocycles. The molecule has 0 aromatic rings. The fourth-order valence-electron chi connectivity index (χ4n) is 2.26. The Bertz CT molecular complexity index is 377. The summed E-state index contributed by atoms with van der Waals surface area (Å²) in [6.45, 7) is 5.35. The number of nitrogens with one attached hydrogen (secondary N) is 1. The van der Waals surface area contributed by atoms with Crippen LogP contribution in [0.2, 0.25) is 0 Å². The minimum Gasteiger partial charge on any atom is -0.277 e. The van der Waals surface area contributed by atoms with Crippen molar-refractivity contribution in [1.29, 1.82) is 0 Å². The molecule has 1 saturated heterocycles. The van der Waals surface area contributed by atoms with Crippen LogP contribution in [0.1, 0.15) is 40.0 Å². The number of hydrogen-bond donors (Lipinski definition) is 1. The highest BCUT2D eigenvalue weighted by molar-refractivity contribution is 6.19. The van der Waals surface area contributed by atoms with Crippen LogP contribution in [0.5, 0.6) is 0 Å². The molecule has 5 nitrogen and oxygen atoms in total. The maximum absolute atomic E-state index is 12.2. The van der Waals surface area contributed by atoms with Gasteiger partial charge in [0.05, 0.1) is 0 Å². The smallest absolute Gasteiger partial charge is 0.277 e. The van der Waals surface area contributed by atoms with Gasteiger partial charge in [0.25, 0.3) is 0 Å². The fourth-order valence-corrected chi connectivity index (χ4v) is 2.26. The SMILES string of the molecule is CC(C)(C)N1C(=O)NC(=O)C2(CCC2)C1=O. The Morgan fingerprint density at radius 3 is 2.12 bits per heavy atom. The minimum atomic E-state index is -0.957. The number of hydrogen-bond acceptors (Lipinski definition) is 3. The van der Waals surface area contributed by atoms with Crippen molar-refractivity contribution < 1.29 is 14.4 Å². The molecular weight excluding hydrogens is 208 g/mol. The van der Waals surface area contributed by atoms with Gasteiger partial charge in [0, 0.05) is 5.54 Å². The van der Waals surface area contributed by atoms with E-state index in [-0.39, 0.29) is 5.91 Å². The molecule has 1 heterocycles. The fraction of sp³-hybridized carbons (Fsp3) is 0.727. The maximum atomic E-state index is 12.2. The Hall–Kier alpha value is -1.39. The quantitative estimate of drug-likeness (QED) is 0.625. The monoisotopic (exact) mass is 224 g/mol. The van der Waals surface area contributed by atoms with Gasteiger partial charge in [-0.15, -0.1) is 0 Å². The van der Waals surface area contributed by atoms with Gasteiger partial charge in [0.2, 0.25) is 11.8 Å². The van der Waals surface area contributed by atoms with E-state index in [1.807, 2.05) is 0 Å². The van der Waals surface area contributed by atoms with Gasteiger partial charge >= 0.3 is 6.03 Å². The van der Waals surface area contributed by atoms with E-state index in [9.17, 15) is 14.4 Å². The molecule has 0 atom stereocenters. The summed E-state index contributed by atoms with van der Waals surface area (Å²) in [6, 6.07) is -0.597. The van der Waals surface area contributed by atoms with Crippen LogP contribution in [0.25, 0.3) is 0 Å². The summed E-state index contributed by atoms with van der Waals surface area (Å²) >= 11 is 0. The molecule has 0 bridgehead atoms. The standard InChI is InChI=1S/C11H16N2O3/c1-10(2,3)13-8(15)11(5-4-6-11)7(14)12-9(13)16/h4-6H2,1-3H3,(H,12,14,16). The van der Waals surface area contributed by atoms with Gasteiger partial charge in [-0.25, -0.2) is 4.79 Å². The number of carbonyl (C=O) groups is 3. The molecule has 2 rings (SSSR count). The van der Waals surface area contributed by atoms with Gasteiger partial charge in [-0.05, 0) is 33.6 Å². The molecule has 1 saturated carbocycles. The van der Waals surface area contributed by atoms with E-state index in [2.05, 4.69) is 5.32 Å². The molecule has 5 heteroatoms. The molecule has 4 amide bonds. The maximum Gasteiger partial charge on any atom is 0.331 e. The van der Waals surface area contributed by atoms with Crippen molar-refractivity contribution >= 4 is 17.8 Å². The van der Waals surface area contributed by atoms with Crippen LogP contribution in [0.4, 0.5) is 4.79 Å². The van der Waals surface area contributed by atoms with Crippen LogP contribution in [0, 0.1) is 5.41 Å². The number of imide groups is 2. The predicted octanol–water partition coefficient (Wildman–Crippen LogP) is 1.03. The number of nitrogens with zero attached hydrogens (tertiary/aromatic N) is 1. The highest BCUT2D eigenvalue weighted by Gasteiger charge is 2.59. The van der Waals surface area contributed by atoms with Crippen LogP contribution in [-0.2, 0) is 9.59 Å². The van der Waals surface area contributed by atoms with E-state index in [0.717, 1.165) is 6.42 Å². The lowest BCUT2D eigenvalue weighted by atomic mass is 9.66. The second-order valence-corrected chi connectivity index (χ2v) is 5.51. The highest BCUT2D eigenvalue weighted by Crippen LogP contribution is 2.45. The zero-order valence-electron chi connectivity index (χ0n) is 9.79. The Morgan fingerprint density at radius 1 is 1.19 bits per heavy atom. The summed E-state index contributed by atoms with van der Waals surface area (Å²) in [6.07, 6.45) is 1.97. The Balaban J connectivity index is 2.38. The van der Waals surface area contributed by atoms with E-state index in [4.69, 9.17) is 0 Å². The first-order valence-corrected chi connectivity index (χ1v) is 5.49. The first-order chi connectivity index (χ1) is 7.29. The number of carbonyl (C=O) groups excluding carboxylic acids is 3. The van der Waals surface area contributed by atoms with Crippen LogP contribution in [0.15, 0.2) is 0 Å². The number of rotatable bonds is 0. The van der Waals surface area contributed by atoms with Crippen molar-refractivity contribution in [2.24, 2.45) is 5.41 Å². The van der Waals surface area contributed by atoms with E-state index in [0.29, 0.717) is 12.8 Å². The first kappa shape index (κ1) is 11.1. The Morgan fingerprint density at radius 2 is 1.75 bits per heavy atom. The zero-order chi connectivity index (χ0) is 12.1. The number of barbiturate groups is 1. The molecule has 1 aliphatic heterocycles. The first-order valence-electron chi connectivity index (χ1n) is 5.49. The molecule has 16 heavy (non-hydrogen) atoms. The lowest BCUT2D eigenvalue weighted by molar-refractivity contribution is -0.160. The second-order valence-electron chi connectivity index (χ2n) is 5.51. The van der Waals surface area contributed by atoms with Crippen molar-refractivity contribution in [2.45, 2.75) is 45.6 Å². The largest absolute Gasteiger partial charge is 0.331 e. The normalized spacial score (nSPS) is 24.4. The van der Waals surface area contributed by atoms with Gasteiger partial charge in [-0.3, -0.25) is 19.8 Å². The highest BCUT2D eigenvalue weighted by atomic mass is 16.2. The van der Waals surface area contributed by atoms with E-state index in [1.165, 1.54) is 4.90 Å². The van der Waals surface area contributed by atoms with Crippen LogP contribution in [-0.4, -0.2) is 28.3 Å². The second kappa shape index (κ2) is 3.06. The van der Waals surface area contributed by atoms with E-state index >= 15 is 0 Å². The number of amides is 4. The summed E-state index contributed by atoms with van der Waals surface area (Å²) < 4.78 is 0. The molecule has 2 fully saturated rings. The summed E-state index contributed by atoms with van der Waals surface area (Å²) in [4.78, 5) is 36.8. The third-order valence-corrected chi connectivity index (χ3v) is 3.35. The van der Waals surface area contributed by atoms with Gasteiger partial charge in [-0.1, -0.05) is 6.42 Å². The van der Waals surface area contributed by atoms with Gasteiger partial charge in [-0.2, -0.15) is 0 Å². The summed E-state index contributed by atoms with van der Waals surface area (Å²) in [5, 5.41) is 2.29. The average Bonchev–Trinajstić information content (AvgIpc) is 1.95. The van der Waals surface area contributed by atoms with Gasteiger partial charge in [0.1, 0.15) is 5.41 Å². The van der Waals surface area contributed by atoms with Gasteiger partial charge in [0.15, 0.2) is 0 Å². The molecule has 1 N–H and O–H groups in total. The topological polar surface area (TPSA) is 66.5 Å². The van der Waals surface area contributed by atoms with Crippen molar-refractivity contribution in [1.82, 2.24) is 10.2 Å². The van der Waals surface area contributed by atoms with Crippen molar-refractivity contribution in [3.05, 3.63) is 0 Å². The lowest BCUT2D eigenvalue weighted by Crippen LogP contribution is -2.69. The Kier molecular flexibility index (Phi) is 2.12. The molecule has 1 spiro atoms. The summed E-state index contributed by atoms with van der Waals surface area (Å²) in [7, 11) is 0. The summed E-state index contributed by atoms with van der Waals surface area (Å²) in [5.74, 6) is -0.755. The van der Waals surface area contributed by atoms with Crippen LogP contribution < -0.4 is 5.32 Å². The zero-order valence-corrected chi connectivity index (χ0v) is 9.79. The van der Waals surface area contributed by atoms with Crippen molar-refractivity contribution in [2.75, 3.05) is 0 Å². The lowest BCUT2D eigenvalue weighted by Gasteiger charge is -2.48. The molecule has 0 unspecified atom stereocenters. The third-order valence-electron chi connectivity index (χ3n) is 3.35. The van der Waals surface area contributed by atoms with Crippen LogP contribution in [0.3, 0.4) is 0 Å². The van der Waals surface area contributed by atoms with E-state index < -0.39 is 22.9 Å². The van der Waals surface area contributed by atoms with Crippen molar-refractivity contribution in [3.63, 3.8) is 0 Å². The molecular formula is C11H16N2O3. The molecule has 0 aromatic carbocycles. The molecule has 2 aliphatic rings. The van der Waals surface area contributed by atoms with E-state index in [1.54, 1.807) is 20.8 Å². The minimum absolute atomic E-state index is 0.333. The molecule has 1 aliphatic carbocycles.